The summed E-state index contributed by atoms with van der Waals surface area (Å²) in [5, 5.41) is 11.2. The van der Waals surface area contributed by atoms with Gasteiger partial charge in [-0.1, -0.05) is 26.0 Å². The zero-order valence-electron chi connectivity index (χ0n) is 11.8. The van der Waals surface area contributed by atoms with Gasteiger partial charge in [0.2, 0.25) is 0 Å². The first-order valence-corrected chi connectivity index (χ1v) is 7.51. The summed E-state index contributed by atoms with van der Waals surface area (Å²) in [6.07, 6.45) is 4.75. The van der Waals surface area contributed by atoms with Gasteiger partial charge in [-0.2, -0.15) is 0 Å². The van der Waals surface area contributed by atoms with Crippen LogP contribution in [-0.4, -0.2) is 5.11 Å². The Morgan fingerprint density at radius 2 is 1.84 bits per heavy atom. The van der Waals surface area contributed by atoms with E-state index in [1.54, 1.807) is 6.07 Å². The largest absolute Gasteiger partial charge is 0.385 e. The monoisotopic (exact) mass is 262 g/mol. The van der Waals surface area contributed by atoms with Crippen molar-refractivity contribution in [3.05, 3.63) is 35.1 Å². The summed E-state index contributed by atoms with van der Waals surface area (Å²) in [5.41, 5.74) is 0.815. The van der Waals surface area contributed by atoms with E-state index >= 15 is 0 Å². The van der Waals surface area contributed by atoms with E-state index in [0.717, 1.165) is 24.0 Å². The Balaban J connectivity index is 1.95. The molecule has 0 aliphatic heterocycles. The van der Waals surface area contributed by atoms with Gasteiger partial charge >= 0.3 is 0 Å². The van der Waals surface area contributed by atoms with Crippen LogP contribution in [0.3, 0.4) is 0 Å². The summed E-state index contributed by atoms with van der Waals surface area (Å²) in [4.78, 5) is 0. The molecule has 1 nitrogen and oxygen atoms in total. The molecule has 2 aliphatic rings. The smallest absolute Gasteiger partial charge is 0.126 e. The number of aliphatic hydroxyl groups is 1. The second-order valence-electron chi connectivity index (χ2n) is 6.80. The number of hydrogen-bond donors (Lipinski definition) is 1. The molecule has 3 rings (SSSR count). The van der Waals surface area contributed by atoms with Crippen LogP contribution in [0.2, 0.25) is 0 Å². The molecular weight excluding hydrogens is 239 g/mol. The highest BCUT2D eigenvalue weighted by atomic mass is 19.1. The van der Waals surface area contributed by atoms with E-state index in [2.05, 4.69) is 13.8 Å². The SMILES string of the molecule is CC1CC(C)CC(C2(O)CCc3c(F)cccc32)C1. The summed E-state index contributed by atoms with van der Waals surface area (Å²) in [6.45, 7) is 4.54. The van der Waals surface area contributed by atoms with Crippen molar-refractivity contribution in [1.29, 1.82) is 0 Å². The highest BCUT2D eigenvalue weighted by Crippen LogP contribution is 2.49. The molecule has 0 aromatic heterocycles. The van der Waals surface area contributed by atoms with Crippen molar-refractivity contribution < 1.29 is 9.50 Å². The van der Waals surface area contributed by atoms with Gasteiger partial charge in [0.1, 0.15) is 5.82 Å². The molecule has 0 radical (unpaired) electrons. The van der Waals surface area contributed by atoms with Gasteiger partial charge < -0.3 is 5.11 Å². The molecule has 19 heavy (non-hydrogen) atoms. The summed E-state index contributed by atoms with van der Waals surface area (Å²) < 4.78 is 13.8. The Hall–Kier alpha value is -0.890. The molecular formula is C17H23FO. The van der Waals surface area contributed by atoms with Gasteiger partial charge in [-0.05, 0) is 67.1 Å². The fourth-order valence-corrected chi connectivity index (χ4v) is 4.43. The van der Waals surface area contributed by atoms with Gasteiger partial charge in [-0.25, -0.2) is 4.39 Å². The average molecular weight is 262 g/mol. The number of halogens is 1. The van der Waals surface area contributed by atoms with Crippen LogP contribution in [0.4, 0.5) is 4.39 Å². The van der Waals surface area contributed by atoms with E-state index < -0.39 is 5.60 Å². The highest BCUT2D eigenvalue weighted by Gasteiger charge is 2.46. The maximum Gasteiger partial charge on any atom is 0.126 e. The number of benzene rings is 1. The molecule has 0 amide bonds. The van der Waals surface area contributed by atoms with Gasteiger partial charge in [0.25, 0.3) is 0 Å². The fraction of sp³-hybridized carbons (Fsp3) is 0.647. The summed E-state index contributed by atoms with van der Waals surface area (Å²) in [6, 6.07) is 5.17. The molecule has 104 valence electrons. The third-order valence-corrected chi connectivity index (χ3v) is 5.20. The molecule has 1 fully saturated rings. The number of fused-ring (bicyclic) bond motifs is 1. The summed E-state index contributed by atoms with van der Waals surface area (Å²) >= 11 is 0. The van der Waals surface area contributed by atoms with Crippen molar-refractivity contribution in [2.24, 2.45) is 17.8 Å². The minimum Gasteiger partial charge on any atom is -0.385 e. The van der Waals surface area contributed by atoms with Crippen LogP contribution in [0.1, 0.15) is 50.7 Å². The van der Waals surface area contributed by atoms with E-state index in [1.165, 1.54) is 12.5 Å². The first kappa shape index (κ1) is 13.1. The van der Waals surface area contributed by atoms with E-state index in [1.807, 2.05) is 6.07 Å². The van der Waals surface area contributed by atoms with Gasteiger partial charge in [0.15, 0.2) is 0 Å². The van der Waals surface area contributed by atoms with Gasteiger partial charge in [-0.3, -0.25) is 0 Å². The van der Waals surface area contributed by atoms with Gasteiger partial charge in [0.05, 0.1) is 5.60 Å². The van der Waals surface area contributed by atoms with Crippen molar-refractivity contribution in [2.45, 2.75) is 51.6 Å². The first-order valence-electron chi connectivity index (χ1n) is 7.51. The Kier molecular flexibility index (Phi) is 3.17. The quantitative estimate of drug-likeness (QED) is 0.810. The molecule has 3 unspecified atom stereocenters. The molecule has 1 N–H and O–H groups in total. The Bertz CT molecular complexity index is 474. The highest BCUT2D eigenvalue weighted by molar-refractivity contribution is 5.39. The van der Waals surface area contributed by atoms with Crippen molar-refractivity contribution in [1.82, 2.24) is 0 Å². The molecule has 1 saturated carbocycles. The third kappa shape index (κ3) is 2.10. The van der Waals surface area contributed by atoms with E-state index in [0.29, 0.717) is 24.7 Å². The van der Waals surface area contributed by atoms with Gasteiger partial charge in [-0.15, -0.1) is 0 Å². The molecule has 0 heterocycles. The van der Waals surface area contributed by atoms with Crippen molar-refractivity contribution >= 4 is 0 Å². The predicted octanol–water partition coefficient (Wildman–Crippen LogP) is 4.03. The minimum atomic E-state index is -0.791. The maximum absolute atomic E-state index is 13.8. The van der Waals surface area contributed by atoms with Crippen LogP contribution in [0.15, 0.2) is 18.2 Å². The Morgan fingerprint density at radius 3 is 2.53 bits per heavy atom. The Labute approximate surface area is 114 Å². The second kappa shape index (κ2) is 4.59. The third-order valence-electron chi connectivity index (χ3n) is 5.20. The van der Waals surface area contributed by atoms with Crippen molar-refractivity contribution in [3.63, 3.8) is 0 Å². The molecule has 0 saturated heterocycles. The predicted molar refractivity (Wildman–Crippen MR) is 74.3 cm³/mol. The molecule has 3 atom stereocenters. The second-order valence-corrected chi connectivity index (χ2v) is 6.80. The molecule has 0 bridgehead atoms. The standard InChI is InChI=1S/C17H23FO/c1-11-8-12(2)10-13(9-11)17(19)7-6-14-15(17)4-3-5-16(14)18/h3-5,11-13,19H,6-10H2,1-2H3. The van der Waals surface area contributed by atoms with Crippen LogP contribution in [0, 0.1) is 23.6 Å². The topological polar surface area (TPSA) is 20.2 Å². The lowest BCUT2D eigenvalue weighted by atomic mass is 9.68. The lowest BCUT2D eigenvalue weighted by Gasteiger charge is -2.41. The summed E-state index contributed by atoms with van der Waals surface area (Å²) in [7, 11) is 0. The zero-order valence-corrected chi connectivity index (χ0v) is 11.8. The lowest BCUT2D eigenvalue weighted by molar-refractivity contribution is -0.0527. The molecule has 2 heteroatoms. The first-order chi connectivity index (χ1) is 9.00. The fourth-order valence-electron chi connectivity index (χ4n) is 4.43. The Morgan fingerprint density at radius 1 is 1.16 bits per heavy atom. The molecule has 0 spiro atoms. The number of hydrogen-bond acceptors (Lipinski definition) is 1. The van der Waals surface area contributed by atoms with E-state index in [-0.39, 0.29) is 11.7 Å². The van der Waals surface area contributed by atoms with Crippen LogP contribution < -0.4 is 0 Å². The summed E-state index contributed by atoms with van der Waals surface area (Å²) in [5.74, 6) is 1.46. The van der Waals surface area contributed by atoms with Crippen molar-refractivity contribution in [2.75, 3.05) is 0 Å². The minimum absolute atomic E-state index is 0.148. The van der Waals surface area contributed by atoms with Gasteiger partial charge in [0, 0.05) is 0 Å². The maximum atomic E-state index is 13.8. The van der Waals surface area contributed by atoms with Crippen LogP contribution >= 0.6 is 0 Å². The van der Waals surface area contributed by atoms with Crippen LogP contribution in [0.25, 0.3) is 0 Å². The molecule has 1 aromatic rings. The lowest BCUT2D eigenvalue weighted by Crippen LogP contribution is -2.37. The van der Waals surface area contributed by atoms with E-state index in [9.17, 15) is 9.50 Å². The molecule has 2 aliphatic carbocycles. The average Bonchev–Trinajstić information content (AvgIpc) is 2.69. The normalized spacial score (nSPS) is 38.2. The van der Waals surface area contributed by atoms with Crippen LogP contribution in [0.5, 0.6) is 0 Å². The van der Waals surface area contributed by atoms with Crippen molar-refractivity contribution in [3.8, 4) is 0 Å². The molecule has 1 aromatic carbocycles. The van der Waals surface area contributed by atoms with E-state index in [4.69, 9.17) is 0 Å². The zero-order chi connectivity index (χ0) is 13.6. The number of rotatable bonds is 1. The van der Waals surface area contributed by atoms with Crippen LogP contribution in [-0.2, 0) is 12.0 Å².